The highest BCUT2D eigenvalue weighted by molar-refractivity contribution is 5.85. The second kappa shape index (κ2) is 6.55. The molecular weight excluding hydrogens is 350 g/mol. The van der Waals surface area contributed by atoms with E-state index in [1.807, 2.05) is 13.8 Å². The van der Waals surface area contributed by atoms with Crippen molar-refractivity contribution in [1.29, 1.82) is 0 Å². The van der Waals surface area contributed by atoms with Crippen LogP contribution in [-0.4, -0.2) is 28.4 Å². The lowest BCUT2D eigenvalue weighted by molar-refractivity contribution is -0.147. The van der Waals surface area contributed by atoms with Crippen LogP contribution in [0.15, 0.2) is 0 Å². The number of amides is 1. The molecule has 4 rings (SSSR count). The van der Waals surface area contributed by atoms with E-state index in [2.05, 4.69) is 19.2 Å². The maximum Gasteiger partial charge on any atom is 0.217 e. The Balaban J connectivity index is 1.58. The van der Waals surface area contributed by atoms with E-state index in [-0.39, 0.29) is 23.2 Å². The molecule has 2 N–H and O–H groups in total. The van der Waals surface area contributed by atoms with Gasteiger partial charge in [0, 0.05) is 31.2 Å². The summed E-state index contributed by atoms with van der Waals surface area (Å²) in [5.41, 5.74) is -0.539. The van der Waals surface area contributed by atoms with Gasteiger partial charge < -0.3 is 10.4 Å². The third kappa shape index (κ3) is 2.97. The molecule has 0 saturated heterocycles. The lowest BCUT2D eigenvalue weighted by atomic mass is 9.44. The minimum absolute atomic E-state index is 0.0485. The van der Waals surface area contributed by atoms with Gasteiger partial charge in [0.25, 0.3) is 0 Å². The smallest absolute Gasteiger partial charge is 0.217 e. The Kier molecular flexibility index (Phi) is 4.77. The Morgan fingerprint density at radius 1 is 1.11 bits per heavy atom. The Bertz CT molecular complexity index is 667. The quantitative estimate of drug-likeness (QED) is 0.747. The van der Waals surface area contributed by atoms with Crippen LogP contribution in [0.5, 0.6) is 0 Å². The van der Waals surface area contributed by atoms with Gasteiger partial charge in [0.05, 0.1) is 5.60 Å². The Morgan fingerprint density at radius 3 is 2.43 bits per heavy atom. The van der Waals surface area contributed by atoms with Crippen molar-refractivity contribution in [3.05, 3.63) is 0 Å². The summed E-state index contributed by atoms with van der Waals surface area (Å²) < 4.78 is 0. The van der Waals surface area contributed by atoms with E-state index in [1.54, 1.807) is 6.92 Å². The van der Waals surface area contributed by atoms with Crippen LogP contribution in [0.4, 0.5) is 0 Å². The van der Waals surface area contributed by atoms with Gasteiger partial charge in [-0.3, -0.25) is 9.59 Å². The second-order valence-electron chi connectivity index (χ2n) is 11.6. The summed E-state index contributed by atoms with van der Waals surface area (Å²) in [6, 6.07) is 0.327. The molecule has 4 aliphatic rings. The number of hydrogen-bond acceptors (Lipinski definition) is 3. The fraction of sp³-hybridized carbons (Fsp3) is 0.917. The normalized spacial score (nSPS) is 48.4. The van der Waals surface area contributed by atoms with Crippen LogP contribution in [0, 0.1) is 40.4 Å². The summed E-state index contributed by atoms with van der Waals surface area (Å²) in [4.78, 5) is 24.7. The first kappa shape index (κ1) is 20.4. The molecule has 0 aromatic carbocycles. The van der Waals surface area contributed by atoms with Crippen molar-refractivity contribution in [2.24, 2.45) is 40.4 Å². The molecule has 0 heterocycles. The maximum absolute atomic E-state index is 13.2. The number of nitrogens with one attached hydrogen (secondary N) is 1. The van der Waals surface area contributed by atoms with Crippen LogP contribution in [0.25, 0.3) is 0 Å². The molecule has 0 bridgehead atoms. The number of aliphatic hydroxyl groups is 1. The molecule has 1 amide bonds. The second-order valence-corrected chi connectivity index (χ2v) is 11.6. The fourth-order valence-corrected chi connectivity index (χ4v) is 8.53. The van der Waals surface area contributed by atoms with E-state index in [4.69, 9.17) is 0 Å². The van der Waals surface area contributed by atoms with Crippen LogP contribution >= 0.6 is 0 Å². The van der Waals surface area contributed by atoms with E-state index in [0.29, 0.717) is 41.4 Å². The maximum atomic E-state index is 13.2. The molecule has 4 heteroatoms. The van der Waals surface area contributed by atoms with Crippen molar-refractivity contribution in [2.75, 3.05) is 0 Å². The van der Waals surface area contributed by atoms with E-state index < -0.39 is 5.60 Å². The lowest BCUT2D eigenvalue weighted by Gasteiger charge is -2.61. The molecular formula is C24H39NO3. The van der Waals surface area contributed by atoms with Gasteiger partial charge in [-0.1, -0.05) is 13.8 Å². The van der Waals surface area contributed by atoms with Crippen LogP contribution in [0.2, 0.25) is 0 Å². The average Bonchev–Trinajstić information content (AvgIpc) is 2.86. The van der Waals surface area contributed by atoms with Crippen molar-refractivity contribution in [2.45, 2.75) is 97.6 Å². The molecule has 4 nitrogen and oxygen atoms in total. The highest BCUT2D eigenvalue weighted by atomic mass is 16.3. The molecule has 158 valence electrons. The van der Waals surface area contributed by atoms with Gasteiger partial charge in [-0.15, -0.1) is 0 Å². The van der Waals surface area contributed by atoms with Crippen LogP contribution in [0.1, 0.15) is 86.0 Å². The SMILES string of the molecule is CC(=O)N[C@@H]1CC[C@@]2(C)[C@@H](CC[C@@H]3[C@@H]2CC[C@]2(C)[C@@H](C(C)(C)O)CC(=O)[C@@H]32)C1. The van der Waals surface area contributed by atoms with Crippen LogP contribution in [0.3, 0.4) is 0 Å². The summed E-state index contributed by atoms with van der Waals surface area (Å²) in [6.07, 6.45) is 8.46. The van der Waals surface area contributed by atoms with Crippen LogP contribution < -0.4 is 5.32 Å². The zero-order chi connectivity index (χ0) is 20.5. The lowest BCUT2D eigenvalue weighted by Crippen LogP contribution is -2.57. The van der Waals surface area contributed by atoms with E-state index in [1.165, 1.54) is 12.8 Å². The van der Waals surface area contributed by atoms with E-state index >= 15 is 0 Å². The standard InChI is InChI=1S/C24H39NO3/c1-14(26)25-16-8-10-23(4)15(12-16)6-7-17-18(23)9-11-24(5)20(22(2,3)28)13-19(27)21(17)24/h15-18,20-21,28H,6-13H2,1-5H3,(H,25,26)/t15-,16+,17+,18-,20+,21+,23-,24+/m0/s1. The zero-order valence-electron chi connectivity index (χ0n) is 18.4. The molecule has 4 saturated carbocycles. The first-order valence-electron chi connectivity index (χ1n) is 11.5. The molecule has 0 aromatic heterocycles. The topological polar surface area (TPSA) is 66.4 Å². The fourth-order valence-electron chi connectivity index (χ4n) is 8.53. The molecule has 4 aliphatic carbocycles. The van der Waals surface area contributed by atoms with Gasteiger partial charge in [-0.25, -0.2) is 0 Å². The first-order chi connectivity index (χ1) is 13.0. The number of carbonyl (C=O) groups excluding carboxylic acids is 2. The molecule has 8 atom stereocenters. The number of hydrogen-bond donors (Lipinski definition) is 2. The minimum Gasteiger partial charge on any atom is -0.390 e. The van der Waals surface area contributed by atoms with E-state index in [0.717, 1.165) is 32.1 Å². The monoisotopic (exact) mass is 389 g/mol. The van der Waals surface area contributed by atoms with Gasteiger partial charge in [0.15, 0.2) is 0 Å². The molecule has 0 aromatic rings. The van der Waals surface area contributed by atoms with Crippen molar-refractivity contribution in [3.8, 4) is 0 Å². The zero-order valence-corrected chi connectivity index (χ0v) is 18.4. The summed E-state index contributed by atoms with van der Waals surface area (Å²) in [6.45, 7) is 10.2. The summed E-state index contributed by atoms with van der Waals surface area (Å²) >= 11 is 0. The number of Topliss-reactive ketones (excluding diaryl/α,β-unsaturated/α-hetero) is 1. The van der Waals surface area contributed by atoms with Gasteiger partial charge in [0.1, 0.15) is 5.78 Å². The predicted octanol–water partition coefficient (Wildman–Crippen LogP) is 4.10. The van der Waals surface area contributed by atoms with Crippen molar-refractivity contribution in [3.63, 3.8) is 0 Å². The van der Waals surface area contributed by atoms with Crippen molar-refractivity contribution >= 4 is 11.7 Å². The first-order valence-corrected chi connectivity index (χ1v) is 11.5. The van der Waals surface area contributed by atoms with Crippen LogP contribution in [-0.2, 0) is 9.59 Å². The Morgan fingerprint density at radius 2 is 1.79 bits per heavy atom. The Labute approximate surface area is 170 Å². The largest absolute Gasteiger partial charge is 0.390 e. The molecule has 28 heavy (non-hydrogen) atoms. The third-order valence-electron chi connectivity index (χ3n) is 9.69. The Hall–Kier alpha value is -0.900. The number of carbonyl (C=O) groups is 2. The summed E-state index contributed by atoms with van der Waals surface area (Å²) in [5, 5.41) is 13.9. The highest BCUT2D eigenvalue weighted by Gasteiger charge is 2.64. The number of rotatable bonds is 2. The van der Waals surface area contributed by atoms with Gasteiger partial charge >= 0.3 is 0 Å². The average molecular weight is 390 g/mol. The van der Waals surface area contributed by atoms with Crippen molar-refractivity contribution in [1.82, 2.24) is 5.32 Å². The summed E-state index contributed by atoms with van der Waals surface area (Å²) in [7, 11) is 0. The van der Waals surface area contributed by atoms with E-state index in [9.17, 15) is 14.7 Å². The molecule has 0 unspecified atom stereocenters. The third-order valence-corrected chi connectivity index (χ3v) is 9.69. The molecule has 0 radical (unpaired) electrons. The predicted molar refractivity (Wildman–Crippen MR) is 110 cm³/mol. The molecule has 4 fully saturated rings. The van der Waals surface area contributed by atoms with Crippen molar-refractivity contribution < 1.29 is 14.7 Å². The van der Waals surface area contributed by atoms with Gasteiger partial charge in [-0.2, -0.15) is 0 Å². The number of ketones is 1. The minimum atomic E-state index is -0.788. The van der Waals surface area contributed by atoms with Gasteiger partial charge in [0.2, 0.25) is 5.91 Å². The number of fused-ring (bicyclic) bond motifs is 5. The highest BCUT2D eigenvalue weighted by Crippen LogP contribution is 2.67. The summed E-state index contributed by atoms with van der Waals surface area (Å²) in [5.74, 6) is 2.48. The van der Waals surface area contributed by atoms with Gasteiger partial charge in [-0.05, 0) is 87.4 Å². The molecule has 0 aliphatic heterocycles. The molecule has 0 spiro atoms.